The number of anilines is 1. The van der Waals surface area contributed by atoms with Crippen molar-refractivity contribution < 1.29 is 19.3 Å². The molecule has 0 aliphatic carbocycles. The van der Waals surface area contributed by atoms with Gasteiger partial charge in [0, 0.05) is 6.61 Å². The van der Waals surface area contributed by atoms with Gasteiger partial charge in [-0.15, -0.1) is 5.43 Å². The molecule has 3 atom stereocenters. The van der Waals surface area contributed by atoms with E-state index in [1.54, 1.807) is 11.8 Å². The van der Waals surface area contributed by atoms with Gasteiger partial charge in [-0.25, -0.2) is 0 Å². The van der Waals surface area contributed by atoms with Crippen LogP contribution in [0.5, 0.6) is 5.75 Å². The second-order valence-corrected chi connectivity index (χ2v) is 8.39. The third-order valence-electron chi connectivity index (χ3n) is 5.30. The van der Waals surface area contributed by atoms with Gasteiger partial charge < -0.3 is 14.8 Å². The van der Waals surface area contributed by atoms with E-state index in [-0.39, 0.29) is 23.8 Å². The summed E-state index contributed by atoms with van der Waals surface area (Å²) < 4.78 is 11.2. The number of carbonyl (C=O) groups excluding carboxylic acids is 1. The SMILES string of the molecule is CCOCC1=CN=C2SC(c3ccc4c(c3)NC(=O)CO4)C(c3ccccc3)N[NH+]12. The minimum absolute atomic E-state index is 0.0477. The van der Waals surface area contributed by atoms with Gasteiger partial charge in [0.15, 0.2) is 12.3 Å². The van der Waals surface area contributed by atoms with Crippen molar-refractivity contribution in [2.75, 3.05) is 25.1 Å². The molecule has 0 saturated carbocycles. The highest BCUT2D eigenvalue weighted by Gasteiger charge is 2.43. The lowest BCUT2D eigenvalue weighted by Gasteiger charge is -2.35. The summed E-state index contributed by atoms with van der Waals surface area (Å²) in [5.41, 5.74) is 7.82. The van der Waals surface area contributed by atoms with E-state index < -0.39 is 0 Å². The molecule has 3 aliphatic heterocycles. The lowest BCUT2D eigenvalue weighted by molar-refractivity contribution is -0.817. The number of nitrogens with one attached hydrogen (secondary N) is 3. The van der Waals surface area contributed by atoms with Crippen LogP contribution in [0.4, 0.5) is 5.69 Å². The number of nitrogens with zero attached hydrogens (tertiary/aromatic N) is 1. The van der Waals surface area contributed by atoms with Crippen molar-refractivity contribution in [3.63, 3.8) is 0 Å². The highest BCUT2D eigenvalue weighted by Crippen LogP contribution is 2.44. The molecule has 0 bridgehead atoms. The van der Waals surface area contributed by atoms with Crippen LogP contribution in [0.2, 0.25) is 0 Å². The Labute approximate surface area is 179 Å². The van der Waals surface area contributed by atoms with E-state index in [1.807, 2.05) is 31.3 Å². The first-order chi connectivity index (χ1) is 14.7. The van der Waals surface area contributed by atoms with E-state index in [9.17, 15) is 4.79 Å². The van der Waals surface area contributed by atoms with Crippen LogP contribution >= 0.6 is 11.8 Å². The number of carbonyl (C=O) groups is 1. The average molecular weight is 424 g/mol. The van der Waals surface area contributed by atoms with Crippen molar-refractivity contribution in [1.29, 1.82) is 0 Å². The van der Waals surface area contributed by atoms with Crippen molar-refractivity contribution >= 4 is 28.5 Å². The lowest BCUT2D eigenvalue weighted by atomic mass is 9.98. The molecular weight excluding hydrogens is 400 g/mol. The number of fused-ring (bicyclic) bond motifs is 2. The van der Waals surface area contributed by atoms with Crippen LogP contribution in [0, 0.1) is 0 Å². The number of benzene rings is 2. The number of thioether (sulfide) groups is 1. The van der Waals surface area contributed by atoms with E-state index in [4.69, 9.17) is 9.47 Å². The molecule has 2 aromatic rings. The summed E-state index contributed by atoms with van der Waals surface area (Å²) >= 11 is 1.74. The molecule has 3 heterocycles. The number of amides is 1. The van der Waals surface area contributed by atoms with Gasteiger partial charge in [-0.3, -0.25) is 4.79 Å². The molecule has 7 nitrogen and oxygen atoms in total. The maximum atomic E-state index is 11.8. The van der Waals surface area contributed by atoms with Gasteiger partial charge in [0.25, 0.3) is 11.1 Å². The molecule has 2 aromatic carbocycles. The Kier molecular flexibility index (Phi) is 5.30. The van der Waals surface area contributed by atoms with Crippen LogP contribution in [0.3, 0.4) is 0 Å². The van der Waals surface area contributed by atoms with Gasteiger partial charge in [0.1, 0.15) is 12.4 Å². The number of aliphatic imine (C=N–C) groups is 1. The molecule has 3 N–H and O–H groups in total. The second kappa shape index (κ2) is 8.23. The summed E-state index contributed by atoms with van der Waals surface area (Å²) in [5.74, 6) is 0.573. The molecule has 3 unspecified atom stereocenters. The van der Waals surface area contributed by atoms with Crippen LogP contribution in [-0.2, 0) is 9.53 Å². The first-order valence-electron chi connectivity index (χ1n) is 10.00. The zero-order chi connectivity index (χ0) is 20.5. The highest BCUT2D eigenvalue weighted by molar-refractivity contribution is 8.13. The topological polar surface area (TPSA) is 76.4 Å². The molecule has 0 spiro atoms. The summed E-state index contributed by atoms with van der Waals surface area (Å²) in [6, 6.07) is 16.5. The molecule has 30 heavy (non-hydrogen) atoms. The zero-order valence-electron chi connectivity index (χ0n) is 16.6. The van der Waals surface area contributed by atoms with E-state index in [1.165, 1.54) is 5.56 Å². The Morgan fingerprint density at radius 3 is 2.93 bits per heavy atom. The minimum atomic E-state index is -0.130. The van der Waals surface area contributed by atoms with Crippen molar-refractivity contribution in [3.05, 3.63) is 71.6 Å². The summed E-state index contributed by atoms with van der Waals surface area (Å²) in [6.07, 6.45) is 1.89. The number of amidine groups is 1. The third kappa shape index (κ3) is 3.63. The quantitative estimate of drug-likeness (QED) is 0.687. The molecule has 1 amide bonds. The van der Waals surface area contributed by atoms with Crippen molar-refractivity contribution in [1.82, 2.24) is 5.43 Å². The predicted octanol–water partition coefficient (Wildman–Crippen LogP) is 2.18. The second-order valence-electron chi connectivity index (χ2n) is 7.26. The molecule has 8 heteroatoms. The van der Waals surface area contributed by atoms with Crippen LogP contribution in [0.1, 0.15) is 29.3 Å². The van der Waals surface area contributed by atoms with Gasteiger partial charge >= 0.3 is 0 Å². The van der Waals surface area contributed by atoms with Crippen LogP contribution in [0.25, 0.3) is 0 Å². The Hall–Kier alpha value is -2.65. The van der Waals surface area contributed by atoms with Crippen molar-refractivity contribution in [2.45, 2.75) is 18.2 Å². The predicted molar refractivity (Wildman–Crippen MR) is 116 cm³/mol. The first-order valence-corrected chi connectivity index (χ1v) is 10.9. The van der Waals surface area contributed by atoms with E-state index in [0.717, 1.165) is 27.1 Å². The molecule has 0 aromatic heterocycles. The van der Waals surface area contributed by atoms with Crippen LogP contribution < -0.4 is 20.5 Å². The molecule has 0 radical (unpaired) electrons. The smallest absolute Gasteiger partial charge is 0.287 e. The van der Waals surface area contributed by atoms with E-state index in [0.29, 0.717) is 19.0 Å². The number of quaternary nitrogens is 1. The average Bonchev–Trinajstić information content (AvgIpc) is 3.18. The Bertz CT molecular complexity index is 1020. The molecule has 1 saturated heterocycles. The Morgan fingerprint density at radius 1 is 1.23 bits per heavy atom. The van der Waals surface area contributed by atoms with Crippen molar-refractivity contribution in [2.24, 2.45) is 4.99 Å². The standard InChI is InChI=1S/C22H22N4O3S/c1-2-28-12-16-11-23-22-26(16)25-20(14-6-4-3-5-7-14)21(30-22)15-8-9-18-17(10-15)24-19(27)13-29-18/h3-11,20-21,25H,2,12-13H2,1H3,(H,24,27)/p+1. The monoisotopic (exact) mass is 423 g/mol. The van der Waals surface area contributed by atoms with Crippen LogP contribution in [-0.4, -0.2) is 30.9 Å². The normalized spacial score (nSPS) is 24.8. The number of rotatable bonds is 5. The molecular formula is C22H23N4O3S+. The summed E-state index contributed by atoms with van der Waals surface area (Å²) in [7, 11) is 0. The van der Waals surface area contributed by atoms with Gasteiger partial charge in [-0.05, 0) is 41.9 Å². The number of hydrogen-bond donors (Lipinski definition) is 3. The largest absolute Gasteiger partial charge is 0.482 e. The fourth-order valence-corrected chi connectivity index (χ4v) is 5.15. The number of ether oxygens (including phenoxy) is 2. The summed E-state index contributed by atoms with van der Waals surface area (Å²) in [5, 5.41) is 5.02. The number of hydrogen-bond acceptors (Lipinski definition) is 6. The van der Waals surface area contributed by atoms with Gasteiger partial charge in [-0.1, -0.05) is 36.4 Å². The molecule has 3 aliphatic rings. The summed E-state index contributed by atoms with van der Waals surface area (Å²) in [4.78, 5) is 16.4. The Morgan fingerprint density at radius 2 is 2.10 bits per heavy atom. The zero-order valence-corrected chi connectivity index (χ0v) is 17.4. The first kappa shape index (κ1) is 19.3. The maximum Gasteiger partial charge on any atom is 0.287 e. The maximum absolute atomic E-state index is 11.8. The molecule has 154 valence electrons. The van der Waals surface area contributed by atoms with Gasteiger partial charge in [0.2, 0.25) is 0 Å². The summed E-state index contributed by atoms with van der Waals surface area (Å²) in [6.45, 7) is 3.26. The van der Waals surface area contributed by atoms with Gasteiger partial charge in [-0.2, -0.15) is 10.0 Å². The third-order valence-corrected chi connectivity index (χ3v) is 6.63. The Balaban J connectivity index is 1.48. The fourth-order valence-electron chi connectivity index (χ4n) is 3.84. The van der Waals surface area contributed by atoms with Crippen LogP contribution in [0.15, 0.2) is 65.4 Å². The fraction of sp³-hybridized carbons (Fsp3) is 0.273. The lowest BCUT2D eigenvalue weighted by Crippen LogP contribution is -3.19. The van der Waals surface area contributed by atoms with E-state index in [2.05, 4.69) is 46.1 Å². The van der Waals surface area contributed by atoms with Crippen molar-refractivity contribution in [3.8, 4) is 5.75 Å². The molecule has 5 rings (SSSR count). The van der Waals surface area contributed by atoms with E-state index >= 15 is 0 Å². The molecule has 1 fully saturated rings. The minimum Gasteiger partial charge on any atom is -0.482 e. The van der Waals surface area contributed by atoms with Gasteiger partial charge in [0.05, 0.1) is 23.2 Å². The highest BCUT2D eigenvalue weighted by atomic mass is 32.2.